The summed E-state index contributed by atoms with van der Waals surface area (Å²) in [6.07, 6.45) is 3.95. The number of aryl methyl sites for hydroxylation is 1. The van der Waals surface area contributed by atoms with Crippen LogP contribution in [-0.4, -0.2) is 38.7 Å². The summed E-state index contributed by atoms with van der Waals surface area (Å²) in [5.74, 6) is 0. The Balaban J connectivity index is 2.40. The van der Waals surface area contributed by atoms with Crippen LogP contribution in [0.4, 0.5) is 0 Å². The lowest BCUT2D eigenvalue weighted by molar-refractivity contribution is 0.553. The SMILES string of the molecule is CC[C@@H](C)NS(=O)(=O)c1cnn(-c2ccc(C)c(S(=O)(=O)N[C@@H](C)CC)c2)c1. The Morgan fingerprint density at radius 1 is 1.00 bits per heavy atom. The average Bonchev–Trinajstić information content (AvgIpc) is 3.12. The number of hydrogen-bond donors (Lipinski definition) is 2. The van der Waals surface area contributed by atoms with Crippen LogP contribution in [0.5, 0.6) is 0 Å². The number of hydrogen-bond acceptors (Lipinski definition) is 5. The van der Waals surface area contributed by atoms with E-state index in [1.54, 1.807) is 32.9 Å². The van der Waals surface area contributed by atoms with Crippen LogP contribution in [0.15, 0.2) is 40.4 Å². The zero-order valence-electron chi connectivity index (χ0n) is 16.8. The van der Waals surface area contributed by atoms with Crippen molar-refractivity contribution < 1.29 is 16.8 Å². The molecule has 1 aromatic heterocycles. The third-order valence-electron chi connectivity index (χ3n) is 4.53. The molecule has 0 amide bonds. The summed E-state index contributed by atoms with van der Waals surface area (Å²) >= 11 is 0. The molecule has 1 heterocycles. The van der Waals surface area contributed by atoms with Crippen LogP contribution < -0.4 is 9.44 Å². The van der Waals surface area contributed by atoms with Gasteiger partial charge in [0.25, 0.3) is 0 Å². The van der Waals surface area contributed by atoms with Crippen LogP contribution in [0.2, 0.25) is 0 Å². The Kier molecular flexibility index (Phi) is 7.02. The van der Waals surface area contributed by atoms with Crippen molar-refractivity contribution in [3.63, 3.8) is 0 Å². The molecule has 0 unspecified atom stereocenters. The highest BCUT2D eigenvalue weighted by molar-refractivity contribution is 7.89. The summed E-state index contributed by atoms with van der Waals surface area (Å²) in [5.41, 5.74) is 1.05. The van der Waals surface area contributed by atoms with Crippen molar-refractivity contribution in [2.75, 3.05) is 0 Å². The van der Waals surface area contributed by atoms with E-state index in [9.17, 15) is 16.8 Å². The molecular weight excluding hydrogens is 400 g/mol. The minimum Gasteiger partial charge on any atom is -0.240 e. The summed E-state index contributed by atoms with van der Waals surface area (Å²) < 4.78 is 56.7. The molecule has 2 atom stereocenters. The quantitative estimate of drug-likeness (QED) is 0.637. The minimum atomic E-state index is -3.70. The first-order valence-electron chi connectivity index (χ1n) is 9.20. The van der Waals surface area contributed by atoms with Gasteiger partial charge in [-0.3, -0.25) is 0 Å². The lowest BCUT2D eigenvalue weighted by Gasteiger charge is -2.15. The van der Waals surface area contributed by atoms with Gasteiger partial charge in [-0.25, -0.2) is 31.0 Å². The van der Waals surface area contributed by atoms with Crippen molar-refractivity contribution in [1.29, 1.82) is 0 Å². The van der Waals surface area contributed by atoms with Crippen molar-refractivity contribution in [2.24, 2.45) is 0 Å². The molecule has 1 aromatic carbocycles. The molecule has 0 saturated heterocycles. The second kappa shape index (κ2) is 8.73. The Hall–Kier alpha value is -1.75. The van der Waals surface area contributed by atoms with Crippen molar-refractivity contribution in [2.45, 2.75) is 69.3 Å². The summed E-state index contributed by atoms with van der Waals surface area (Å²) in [6.45, 7) is 9.08. The largest absolute Gasteiger partial charge is 0.243 e. The first kappa shape index (κ1) is 22.5. The smallest absolute Gasteiger partial charge is 0.240 e. The fourth-order valence-corrected chi connectivity index (χ4v) is 5.28. The van der Waals surface area contributed by atoms with Crippen molar-refractivity contribution >= 4 is 20.0 Å². The molecule has 10 heteroatoms. The van der Waals surface area contributed by atoms with Gasteiger partial charge in [0.1, 0.15) is 4.90 Å². The number of nitrogens with one attached hydrogen (secondary N) is 2. The third-order valence-corrected chi connectivity index (χ3v) is 7.81. The summed E-state index contributed by atoms with van der Waals surface area (Å²) in [6, 6.07) is 4.47. The van der Waals surface area contributed by atoms with Crippen molar-refractivity contribution in [1.82, 2.24) is 19.2 Å². The predicted octanol–water partition coefficient (Wildman–Crippen LogP) is 2.33. The van der Waals surface area contributed by atoms with Gasteiger partial charge >= 0.3 is 0 Å². The molecule has 156 valence electrons. The van der Waals surface area contributed by atoms with Crippen LogP contribution >= 0.6 is 0 Å². The third kappa shape index (κ3) is 5.19. The monoisotopic (exact) mass is 428 g/mol. The molecule has 2 N–H and O–H groups in total. The molecule has 0 radical (unpaired) electrons. The molecule has 8 nitrogen and oxygen atoms in total. The molecule has 0 bridgehead atoms. The van der Waals surface area contributed by atoms with Crippen LogP contribution in [0.3, 0.4) is 0 Å². The Labute approximate surface area is 167 Å². The molecule has 0 spiro atoms. The fraction of sp³-hybridized carbons (Fsp3) is 0.500. The predicted molar refractivity (Wildman–Crippen MR) is 108 cm³/mol. The number of nitrogens with zero attached hydrogens (tertiary/aromatic N) is 2. The lowest BCUT2D eigenvalue weighted by Crippen LogP contribution is -2.32. The van der Waals surface area contributed by atoms with E-state index in [1.165, 1.54) is 23.1 Å². The van der Waals surface area contributed by atoms with Gasteiger partial charge in [0, 0.05) is 12.1 Å². The maximum absolute atomic E-state index is 12.7. The normalized spacial score (nSPS) is 14.8. The van der Waals surface area contributed by atoms with Gasteiger partial charge in [-0.15, -0.1) is 0 Å². The Morgan fingerprint density at radius 2 is 1.57 bits per heavy atom. The van der Waals surface area contributed by atoms with Gasteiger partial charge in [-0.1, -0.05) is 19.9 Å². The lowest BCUT2D eigenvalue weighted by atomic mass is 10.2. The number of aromatic nitrogens is 2. The highest BCUT2D eigenvalue weighted by Crippen LogP contribution is 2.21. The number of benzene rings is 1. The second-order valence-electron chi connectivity index (χ2n) is 6.93. The summed E-state index contributed by atoms with van der Waals surface area (Å²) in [7, 11) is -7.38. The maximum Gasteiger partial charge on any atom is 0.243 e. The van der Waals surface area contributed by atoms with Gasteiger partial charge < -0.3 is 0 Å². The van der Waals surface area contributed by atoms with Crippen LogP contribution in [0.1, 0.15) is 46.1 Å². The second-order valence-corrected chi connectivity index (χ2v) is 10.3. The first-order valence-corrected chi connectivity index (χ1v) is 12.2. The standard InChI is InChI=1S/C18H28N4O4S2/c1-6-14(4)20-27(23,24)17-11-19-22(12-17)16-9-8-13(3)18(10-16)28(25,26)21-15(5)7-2/h8-12,14-15,20-21H,6-7H2,1-5H3/t14-,15+/m1/s1. The van der Waals surface area contributed by atoms with E-state index in [-0.39, 0.29) is 21.9 Å². The van der Waals surface area contributed by atoms with E-state index >= 15 is 0 Å². The molecule has 0 saturated carbocycles. The van der Waals surface area contributed by atoms with Crippen molar-refractivity contribution in [3.05, 3.63) is 36.2 Å². The van der Waals surface area contributed by atoms with E-state index < -0.39 is 20.0 Å². The molecule has 28 heavy (non-hydrogen) atoms. The van der Waals surface area contributed by atoms with E-state index in [0.717, 1.165) is 0 Å². The maximum atomic E-state index is 12.7. The summed E-state index contributed by atoms with van der Waals surface area (Å²) in [4.78, 5) is 0.165. The van der Waals surface area contributed by atoms with Crippen LogP contribution in [0, 0.1) is 6.92 Å². The molecule has 0 fully saturated rings. The molecule has 0 aliphatic rings. The van der Waals surface area contributed by atoms with Gasteiger partial charge in [-0.2, -0.15) is 5.10 Å². The van der Waals surface area contributed by atoms with E-state index in [2.05, 4.69) is 14.5 Å². The molecule has 0 aliphatic carbocycles. The first-order chi connectivity index (χ1) is 13.0. The molecule has 2 rings (SSSR count). The van der Waals surface area contributed by atoms with Crippen LogP contribution in [0.25, 0.3) is 5.69 Å². The number of rotatable bonds is 9. The highest BCUT2D eigenvalue weighted by Gasteiger charge is 2.22. The molecule has 0 aliphatic heterocycles. The topological polar surface area (TPSA) is 110 Å². The Morgan fingerprint density at radius 3 is 2.14 bits per heavy atom. The van der Waals surface area contributed by atoms with E-state index in [1.807, 2.05) is 13.8 Å². The average molecular weight is 429 g/mol. The zero-order chi connectivity index (χ0) is 21.1. The zero-order valence-corrected chi connectivity index (χ0v) is 18.4. The van der Waals surface area contributed by atoms with Gasteiger partial charge in [0.05, 0.1) is 23.0 Å². The fourth-order valence-electron chi connectivity index (χ4n) is 2.43. The molecule has 2 aromatic rings. The minimum absolute atomic E-state index is 0.0236. The number of sulfonamides is 2. The van der Waals surface area contributed by atoms with E-state index in [4.69, 9.17) is 0 Å². The van der Waals surface area contributed by atoms with E-state index in [0.29, 0.717) is 24.1 Å². The Bertz CT molecular complexity index is 1030. The van der Waals surface area contributed by atoms with Crippen LogP contribution in [-0.2, 0) is 20.0 Å². The molecular formula is C18H28N4O4S2. The van der Waals surface area contributed by atoms with Gasteiger partial charge in [0.2, 0.25) is 20.0 Å². The summed E-state index contributed by atoms with van der Waals surface area (Å²) in [5, 5.41) is 4.10. The van der Waals surface area contributed by atoms with Crippen molar-refractivity contribution in [3.8, 4) is 5.69 Å². The van der Waals surface area contributed by atoms with Gasteiger partial charge in [-0.05, 0) is 51.3 Å². The van der Waals surface area contributed by atoms with Gasteiger partial charge in [0.15, 0.2) is 0 Å². The highest BCUT2D eigenvalue weighted by atomic mass is 32.2.